The fourth-order valence-corrected chi connectivity index (χ4v) is 5.73. The first-order valence-electron chi connectivity index (χ1n) is 14.9. The monoisotopic (exact) mass is 837 g/mol. The van der Waals surface area contributed by atoms with Crippen molar-refractivity contribution in [2.24, 2.45) is 63.2 Å². The summed E-state index contributed by atoms with van der Waals surface area (Å²) in [6.45, 7) is 40.2. The summed E-state index contributed by atoms with van der Waals surface area (Å²) in [5.41, 5.74) is -1.05. The zero-order chi connectivity index (χ0) is 31.2. The fraction of sp³-hybridized carbons (Fsp3) is 0.794. The SMILES string of the molecule is Br.Br.Br.CC(C)(C)C1=CC([C-](C2(C(C)(C)C)C=C(C(C)(C)C)N=N2)C2(C(C)(C)C)C=C(C(C)(C)C)N=N2)(C(C)(C)C)N=N1.[Ti]. The number of rotatable bonds is 3. The largest absolute Gasteiger partial charge is 0.213 e. The van der Waals surface area contributed by atoms with E-state index in [2.05, 4.69) is 143 Å². The molecule has 0 fully saturated rings. The minimum Gasteiger partial charge on any atom is -0.213 e. The van der Waals surface area contributed by atoms with E-state index in [-0.39, 0.29) is 105 Å². The first-order chi connectivity index (χ1) is 17.6. The van der Waals surface area contributed by atoms with Crippen LogP contribution >= 0.6 is 50.9 Å². The molecule has 3 aliphatic heterocycles. The van der Waals surface area contributed by atoms with Crippen LogP contribution in [0.3, 0.4) is 0 Å². The second kappa shape index (κ2) is 13.6. The Hall–Kier alpha value is 0.174. The third kappa shape index (κ3) is 7.73. The van der Waals surface area contributed by atoms with Crippen molar-refractivity contribution in [2.75, 3.05) is 0 Å². The third-order valence-electron chi connectivity index (χ3n) is 8.86. The summed E-state index contributed by atoms with van der Waals surface area (Å²) in [5, 5.41) is 30.7. The molecule has 10 heteroatoms. The van der Waals surface area contributed by atoms with Crippen LogP contribution in [0.5, 0.6) is 0 Å². The average molecular weight is 840 g/mol. The van der Waals surface area contributed by atoms with Crippen LogP contribution < -0.4 is 0 Å². The predicted molar refractivity (Wildman–Crippen MR) is 198 cm³/mol. The molecule has 0 radical (unpaired) electrons. The maximum absolute atomic E-state index is 5.30. The Labute approximate surface area is 316 Å². The van der Waals surface area contributed by atoms with E-state index >= 15 is 0 Å². The van der Waals surface area contributed by atoms with Gasteiger partial charge < -0.3 is 0 Å². The third-order valence-corrected chi connectivity index (χ3v) is 8.86. The molecule has 3 aliphatic rings. The first-order valence-corrected chi connectivity index (χ1v) is 14.9. The number of hydrogen-bond donors (Lipinski definition) is 0. The summed E-state index contributed by atoms with van der Waals surface area (Å²) in [6.07, 6.45) is 6.96. The number of halogens is 3. The van der Waals surface area contributed by atoms with Crippen molar-refractivity contribution in [1.29, 1.82) is 0 Å². The number of nitrogens with zero attached hydrogens (tertiary/aromatic N) is 6. The van der Waals surface area contributed by atoms with E-state index in [1.54, 1.807) is 0 Å². The van der Waals surface area contributed by atoms with Crippen LogP contribution in [0.15, 0.2) is 66.0 Å². The van der Waals surface area contributed by atoms with Gasteiger partial charge in [-0.15, -0.1) is 50.9 Å². The van der Waals surface area contributed by atoms with Crippen molar-refractivity contribution in [2.45, 2.75) is 141 Å². The normalized spacial score (nSPS) is 27.2. The molecule has 0 aromatic rings. The van der Waals surface area contributed by atoms with Gasteiger partial charge in [0.15, 0.2) is 0 Å². The second-order valence-corrected chi connectivity index (χ2v) is 18.4. The molecular formula is C34H60Br3N6Ti-. The van der Waals surface area contributed by atoms with Gasteiger partial charge in [0.25, 0.3) is 0 Å². The molecule has 3 rings (SSSR count). The molecule has 0 saturated carbocycles. The Balaban J connectivity index is 0. The van der Waals surface area contributed by atoms with E-state index < -0.39 is 16.6 Å². The molecule has 6 nitrogen and oxygen atoms in total. The second-order valence-electron chi connectivity index (χ2n) is 18.4. The summed E-state index contributed by atoms with van der Waals surface area (Å²) in [7, 11) is 0. The van der Waals surface area contributed by atoms with Crippen molar-refractivity contribution >= 4 is 50.9 Å². The van der Waals surface area contributed by atoms with E-state index in [4.69, 9.17) is 30.7 Å². The Morgan fingerprint density at radius 2 is 0.591 bits per heavy atom. The van der Waals surface area contributed by atoms with Crippen molar-refractivity contribution < 1.29 is 21.7 Å². The molecular weight excluding hydrogens is 780 g/mol. The fourth-order valence-electron chi connectivity index (χ4n) is 5.73. The molecule has 0 bridgehead atoms. The van der Waals surface area contributed by atoms with E-state index in [1.807, 2.05) is 0 Å². The standard InChI is InChI=1S/C34H57N6.3BrH.Ti/c1-26(2,3)22-19-32(38-35-22,29(10,11)12)25(33(30(13,14)15)20-23(36-39-33)27(4,5)6)34(31(16,17)18)21-24(37-40-34)28(7,8)9;;;;/h19-21H,1-18H3;3*1H;/q-1;;;;. The van der Waals surface area contributed by atoms with Gasteiger partial charge in [-0.05, 0) is 32.9 Å². The van der Waals surface area contributed by atoms with Gasteiger partial charge in [-0.1, -0.05) is 143 Å². The number of allylic oxidation sites excluding steroid dienone is 3. The zero-order valence-corrected chi connectivity index (χ0v) is 37.3. The molecule has 0 spiro atoms. The molecule has 3 heterocycles. The van der Waals surface area contributed by atoms with Gasteiger partial charge >= 0.3 is 0 Å². The van der Waals surface area contributed by atoms with Crippen molar-refractivity contribution in [1.82, 2.24) is 0 Å². The van der Waals surface area contributed by atoms with Gasteiger partial charge in [-0.3, -0.25) is 0 Å². The van der Waals surface area contributed by atoms with Crippen molar-refractivity contribution in [3.63, 3.8) is 0 Å². The Bertz CT molecular complexity index is 1070. The first kappa shape index (κ1) is 46.3. The molecule has 3 atom stereocenters. The van der Waals surface area contributed by atoms with Gasteiger partial charge in [0.1, 0.15) is 0 Å². The Kier molecular flexibility index (Phi) is 14.3. The quantitative estimate of drug-likeness (QED) is 0.201. The molecule has 0 aromatic heterocycles. The van der Waals surface area contributed by atoms with Crippen LogP contribution in [-0.2, 0) is 21.7 Å². The van der Waals surface area contributed by atoms with Gasteiger partial charge in [0, 0.05) is 38.0 Å². The van der Waals surface area contributed by atoms with Crippen molar-refractivity contribution in [3.05, 3.63) is 41.2 Å². The minimum absolute atomic E-state index is 0. The average Bonchev–Trinajstić information content (AvgIpc) is 3.44. The molecule has 0 saturated heterocycles. The van der Waals surface area contributed by atoms with Crippen LogP contribution in [0.2, 0.25) is 0 Å². The molecule has 0 N–H and O–H groups in total. The maximum atomic E-state index is 5.30. The maximum Gasteiger partial charge on any atom is 0.0637 e. The smallest absolute Gasteiger partial charge is 0.0637 e. The van der Waals surface area contributed by atoms with E-state index in [1.165, 1.54) is 0 Å². The zero-order valence-electron chi connectivity index (χ0n) is 30.6. The summed E-state index contributed by atoms with van der Waals surface area (Å²) < 4.78 is 0. The van der Waals surface area contributed by atoms with Crippen molar-refractivity contribution in [3.8, 4) is 0 Å². The van der Waals surface area contributed by atoms with Crippen LogP contribution in [0, 0.1) is 38.4 Å². The molecule has 0 aromatic carbocycles. The Morgan fingerprint density at radius 3 is 0.705 bits per heavy atom. The summed E-state index contributed by atoms with van der Waals surface area (Å²) in [6, 6.07) is 0. The molecule has 252 valence electrons. The van der Waals surface area contributed by atoms with Gasteiger partial charge in [0.2, 0.25) is 0 Å². The summed E-state index contributed by atoms with van der Waals surface area (Å²) >= 11 is 0. The van der Waals surface area contributed by atoms with Gasteiger partial charge in [-0.2, -0.15) is 15.3 Å². The summed E-state index contributed by atoms with van der Waals surface area (Å²) in [5.74, 6) is 1.09. The minimum atomic E-state index is -0.818. The molecule has 0 aliphatic carbocycles. The molecule has 3 unspecified atom stereocenters. The van der Waals surface area contributed by atoms with Gasteiger partial charge in [0.05, 0.1) is 17.1 Å². The van der Waals surface area contributed by atoms with E-state index in [9.17, 15) is 0 Å². The van der Waals surface area contributed by atoms with Crippen LogP contribution in [0.4, 0.5) is 0 Å². The number of hydrogen-bond acceptors (Lipinski definition) is 6. The topological polar surface area (TPSA) is 74.2 Å². The van der Waals surface area contributed by atoms with E-state index in [0.29, 0.717) is 0 Å². The van der Waals surface area contributed by atoms with Crippen LogP contribution in [-0.4, -0.2) is 16.6 Å². The predicted octanol–water partition coefficient (Wildman–Crippen LogP) is 12.8. The number of azo groups is 3. The molecule has 0 amide bonds. The molecule has 44 heavy (non-hydrogen) atoms. The van der Waals surface area contributed by atoms with Gasteiger partial charge in [-0.25, -0.2) is 21.3 Å². The van der Waals surface area contributed by atoms with Crippen LogP contribution in [0.1, 0.15) is 125 Å². The van der Waals surface area contributed by atoms with E-state index in [0.717, 1.165) is 23.0 Å². The summed E-state index contributed by atoms with van der Waals surface area (Å²) in [4.78, 5) is 0. The van der Waals surface area contributed by atoms with Crippen LogP contribution in [0.25, 0.3) is 0 Å². The Morgan fingerprint density at radius 1 is 0.409 bits per heavy atom.